The number of fused-ring (bicyclic) bond motifs is 15. The molecule has 3 saturated heterocycles. The molecule has 0 saturated carbocycles. The van der Waals surface area contributed by atoms with Crippen molar-refractivity contribution in [2.75, 3.05) is 20.2 Å². The lowest BCUT2D eigenvalue weighted by molar-refractivity contribution is -0.350. The number of carboxylic acid groups (broad SMARTS) is 1. The molecule has 0 spiro atoms. The molecule has 8 amide bonds. The molecule has 7 aromatic carbocycles. The summed E-state index contributed by atoms with van der Waals surface area (Å²) in [6.07, 6.45) is -29.6. The number of likely N-dealkylation sites (N-methyl/N-ethyl adjacent to an activating group) is 1. The molecule has 25 N–H and O–H groups in total. The second kappa shape index (κ2) is 42.1. The van der Waals surface area contributed by atoms with Gasteiger partial charge in [0.1, 0.15) is 120 Å². The first kappa shape index (κ1) is 100. The number of benzene rings is 7. The number of rotatable bonds is 22. The number of ether oxygens (including phenoxy) is 8. The van der Waals surface area contributed by atoms with Crippen LogP contribution in [0.4, 0.5) is 0 Å². The van der Waals surface area contributed by atoms with Gasteiger partial charge in [0.25, 0.3) is 5.91 Å². The number of phenols is 3. The Morgan fingerprint density at radius 1 is 0.614 bits per heavy atom. The van der Waals surface area contributed by atoms with E-state index in [1.165, 1.54) is 33.0 Å². The molecular formula is C88H101Cl4N11O29. The molecular weight excluding hydrogens is 1820 g/mol. The summed E-state index contributed by atoms with van der Waals surface area (Å²) in [6, 6.07) is 10.2. The molecule has 3 fully saturated rings. The van der Waals surface area contributed by atoms with Crippen LogP contribution in [0.2, 0.25) is 20.1 Å². The van der Waals surface area contributed by atoms with Gasteiger partial charge in [-0.05, 0) is 145 Å². The van der Waals surface area contributed by atoms with E-state index in [-0.39, 0.29) is 56.9 Å². The Hall–Kier alpha value is -10.9. The highest BCUT2D eigenvalue weighted by atomic mass is 35.5. The summed E-state index contributed by atoms with van der Waals surface area (Å²) in [7, 11) is 1.46. The Morgan fingerprint density at radius 2 is 1.23 bits per heavy atom. The number of nitrogens with two attached hydrogens (primary N) is 2. The Morgan fingerprint density at radius 3 is 1.86 bits per heavy atom. The summed E-state index contributed by atoms with van der Waals surface area (Å²) in [5.74, 6) is -17.2. The summed E-state index contributed by atoms with van der Waals surface area (Å²) in [5, 5.41) is 163. The number of halogens is 4. The van der Waals surface area contributed by atoms with Gasteiger partial charge in [0.2, 0.25) is 53.4 Å². The van der Waals surface area contributed by atoms with Crippen molar-refractivity contribution in [3.63, 3.8) is 0 Å². The largest absolute Gasteiger partial charge is 0.508 e. The van der Waals surface area contributed by atoms with Gasteiger partial charge in [0, 0.05) is 59.9 Å². The molecule has 7 aromatic rings. The molecule has 8 aliphatic heterocycles. The number of carbonyl (C=O) groups is 9. The van der Waals surface area contributed by atoms with Crippen LogP contribution in [0.5, 0.6) is 46.0 Å². The van der Waals surface area contributed by atoms with Gasteiger partial charge >= 0.3 is 5.97 Å². The van der Waals surface area contributed by atoms with Crippen molar-refractivity contribution in [1.29, 1.82) is 0 Å². The standard InChI is InChI=1S/C87H97Cl4N11O29.CH4/c1-33(2)18-49(94-5)78(116)101-65-67(108)39-12-16-53(47(90)21-39)125-55-23-41-24-56(74(55)130-86-72(113)70(111)75(58(32-103)128-86)131-85-71(112)69(110)68(109)57(127-85)31-95-29-35-6-9-37(10-7-35)77(115)96-30-36-8-14-45(88)46(89)19-36)126-54-17-13-40(22-48(54)91)73(129-60-28-87(4,93)76(114)34(3)124-60)66-83(121)100-64(84(122)123)44-25-42(104)26-52(106)61(44)43-20-38(11-15-51(43)105)62(80(118)102-66)99-81(119)63(41)98-79(117)50(27-59(92)107)97-82(65)120;/h6-17,19-26,33-34,49-50,57-58,60,62-73,75-76,85-86,94-95,103-106,108-114H,18,27-32,93H2,1-5H3,(H2,92,107)(H,96,115)(H,97,120)(H,98,117)(H,99,119)(H,100,121)(H,101,116)(H,102,118)(H,122,123);1H4/t34-,49+,50-,57+,58+,60?,62+,63+,64+,65+,66-,67+,68-,69-,70+,71+,72+,73+,75+,76-,85-,86-,87-;/m0./s1. The molecule has 0 aromatic heterocycles. The first-order valence-electron chi connectivity index (χ1n) is 41.2. The summed E-state index contributed by atoms with van der Waals surface area (Å²) in [5.41, 5.74) is 9.58. The first-order valence-corrected chi connectivity index (χ1v) is 42.7. The van der Waals surface area contributed by atoms with Crippen LogP contribution < -0.4 is 73.5 Å². The van der Waals surface area contributed by atoms with E-state index in [9.17, 15) is 80.5 Å². The number of carbonyl (C=O) groups excluding carboxylic acids is 8. The smallest absolute Gasteiger partial charge is 0.330 e. The lowest BCUT2D eigenvalue weighted by Gasteiger charge is -2.46. The van der Waals surface area contributed by atoms with E-state index in [1.54, 1.807) is 56.3 Å². The van der Waals surface area contributed by atoms with E-state index in [1.807, 2.05) is 0 Å². The highest BCUT2D eigenvalue weighted by Gasteiger charge is 2.53. The van der Waals surface area contributed by atoms with E-state index in [0.29, 0.717) is 26.7 Å². The number of aromatic hydroxyl groups is 3. The van der Waals surface area contributed by atoms with E-state index in [2.05, 4.69) is 47.9 Å². The van der Waals surface area contributed by atoms with Crippen LogP contribution in [-0.4, -0.2) is 244 Å². The topological polar surface area (TPSA) is 631 Å². The van der Waals surface area contributed by atoms with Crippen molar-refractivity contribution >= 4 is 99.6 Å². The Balaban J connectivity index is 0.0000157. The number of phenolic OH excluding ortho intramolecular Hbond substituents is 3. The number of amides is 8. The maximum atomic E-state index is 16.5. The molecule has 8 aliphatic rings. The van der Waals surface area contributed by atoms with Crippen molar-refractivity contribution in [3.05, 3.63) is 186 Å². The molecule has 1 unspecified atom stereocenters. The molecule has 0 aliphatic carbocycles. The van der Waals surface area contributed by atoms with Gasteiger partial charge in [-0.25, -0.2) is 4.79 Å². The molecule has 15 rings (SSSR count). The van der Waals surface area contributed by atoms with Gasteiger partial charge in [-0.15, -0.1) is 0 Å². The maximum Gasteiger partial charge on any atom is 0.330 e. The van der Waals surface area contributed by atoms with Crippen LogP contribution >= 0.6 is 46.4 Å². The monoisotopic (exact) mass is 1920 g/mol. The van der Waals surface area contributed by atoms with Crippen molar-refractivity contribution in [2.24, 2.45) is 17.4 Å². The number of hydrogen-bond acceptors (Lipinski definition) is 31. The quantitative estimate of drug-likeness (QED) is 0.0464. The van der Waals surface area contributed by atoms with Gasteiger partial charge in [0.05, 0.1) is 51.4 Å². The average molecular weight is 1920 g/mol. The van der Waals surface area contributed by atoms with Crippen molar-refractivity contribution in [1.82, 2.24) is 47.9 Å². The van der Waals surface area contributed by atoms with Crippen LogP contribution in [0.1, 0.15) is 134 Å². The second-order valence-electron chi connectivity index (χ2n) is 33.1. The second-order valence-corrected chi connectivity index (χ2v) is 34.7. The van der Waals surface area contributed by atoms with Gasteiger partial charge in [0.15, 0.2) is 30.1 Å². The third-order valence-corrected chi connectivity index (χ3v) is 24.3. The summed E-state index contributed by atoms with van der Waals surface area (Å²) in [6.45, 7) is 5.36. The Kier molecular flexibility index (Phi) is 31.9. The molecule has 44 heteroatoms. The van der Waals surface area contributed by atoms with Gasteiger partial charge < -0.3 is 158 Å². The normalized spacial score (nSPS) is 28.7. The molecule has 710 valence electrons. The first-order chi connectivity index (χ1) is 62.1. The minimum absolute atomic E-state index is 0. The number of aliphatic carboxylic acids is 1. The van der Waals surface area contributed by atoms with Crippen LogP contribution in [0, 0.1) is 5.92 Å². The van der Waals surface area contributed by atoms with E-state index in [0.717, 1.165) is 66.7 Å². The number of hydrogen-bond donors (Lipinski definition) is 23. The lowest BCUT2D eigenvalue weighted by Crippen LogP contribution is -2.65. The zero-order chi connectivity index (χ0) is 94.8. The van der Waals surface area contributed by atoms with Gasteiger partial charge in [-0.3, -0.25) is 38.4 Å². The minimum Gasteiger partial charge on any atom is -0.508 e. The van der Waals surface area contributed by atoms with E-state index < -0.39 is 290 Å². The van der Waals surface area contributed by atoms with Crippen LogP contribution in [0.15, 0.2) is 121 Å². The number of primary amides is 1. The fraction of sp³-hybridized carbons (Fsp3) is 0.420. The zero-order valence-corrected chi connectivity index (χ0v) is 73.3. The maximum absolute atomic E-state index is 16.5. The van der Waals surface area contributed by atoms with Crippen molar-refractivity contribution in [3.8, 4) is 57.1 Å². The molecule has 8 heterocycles. The fourth-order valence-electron chi connectivity index (χ4n) is 16.1. The summed E-state index contributed by atoms with van der Waals surface area (Å²) < 4.78 is 51.2. The third kappa shape index (κ3) is 22.3. The molecule has 40 nitrogen and oxygen atoms in total. The van der Waals surface area contributed by atoms with Crippen molar-refractivity contribution < 1.29 is 142 Å². The Labute approximate surface area is 773 Å². The number of aliphatic hydroxyl groups excluding tert-OH is 8. The minimum atomic E-state index is -2.44. The zero-order valence-electron chi connectivity index (χ0n) is 70.2. The highest BCUT2D eigenvalue weighted by Crippen LogP contribution is 2.51. The van der Waals surface area contributed by atoms with Crippen LogP contribution in [0.3, 0.4) is 0 Å². The predicted octanol–water partition coefficient (Wildman–Crippen LogP) is 2.60. The highest BCUT2D eigenvalue weighted by molar-refractivity contribution is 6.42. The molecule has 23 atom stereocenters. The van der Waals surface area contributed by atoms with Gasteiger partial charge in [-0.2, -0.15) is 0 Å². The lowest BCUT2D eigenvalue weighted by atomic mass is 9.86. The van der Waals surface area contributed by atoms with E-state index in [4.69, 9.17) is 95.8 Å². The number of carboxylic acids is 1. The molecule has 132 heavy (non-hydrogen) atoms. The van der Waals surface area contributed by atoms with Crippen LogP contribution in [0.25, 0.3) is 11.1 Å². The average Bonchev–Trinajstić information content (AvgIpc) is 0.764. The van der Waals surface area contributed by atoms with E-state index >= 15 is 24.0 Å². The number of nitrogens with one attached hydrogen (secondary N) is 9. The number of aliphatic hydroxyl groups is 8. The SMILES string of the molecule is C.CN[C@H](CC(C)C)C(=O)N[C@H]1C(=O)N[C@@H](CC(N)=O)C(=O)N[C@H]2C(=O)N[C@H]3C(=O)N[C@H](C(=O)N[C@@H](C(=O)O)c4cc(O)cc(O)c4-c4cc3ccc4O)[C@H](OC3C[C@](C)(N)[C@@H](O)[C@H](C)O3)c3ccc(c(Cl)c3)Oc3cc2cc(c3O[C@@H]2O[C@H](CO)[C@@H](O[C@@H]3O[C@H](CNCc4ccc(C(=O)NCc5ccc(Cl)c(Cl)c5)cc4)[C@H](O)[C@H](O)[C@H]3O)[C@H](O)[C@H]2O)Oc2ccc(cc2Cl)[C@H]1O. The summed E-state index contributed by atoms with van der Waals surface area (Å²) in [4.78, 5) is 133. The van der Waals surface area contributed by atoms with Crippen LogP contribution in [-0.2, 0) is 75.1 Å². The third-order valence-electron chi connectivity index (χ3n) is 23.0. The molecule has 0 radical (unpaired) electrons. The Bertz CT molecular complexity index is 5490. The predicted molar refractivity (Wildman–Crippen MR) is 467 cm³/mol. The van der Waals surface area contributed by atoms with Gasteiger partial charge in [-0.1, -0.05) is 104 Å². The fourth-order valence-corrected chi connectivity index (χ4v) is 16.8. The van der Waals surface area contributed by atoms with Crippen molar-refractivity contribution in [2.45, 2.75) is 207 Å². The molecule has 11 bridgehead atoms. The summed E-state index contributed by atoms with van der Waals surface area (Å²) >= 11 is 26.7.